The Hall–Kier alpha value is -2.53. The first-order chi connectivity index (χ1) is 11.6. The van der Waals surface area contributed by atoms with Gasteiger partial charge in [-0.25, -0.2) is 14.4 Å². The first-order valence-corrected chi connectivity index (χ1v) is 7.84. The molecule has 0 radical (unpaired) electrons. The molecule has 0 bridgehead atoms. The van der Waals surface area contributed by atoms with Crippen LogP contribution in [-0.4, -0.2) is 57.0 Å². The second-order valence-electron chi connectivity index (χ2n) is 6.16. The predicted octanol–water partition coefficient (Wildman–Crippen LogP) is 1.13. The van der Waals surface area contributed by atoms with Crippen LogP contribution in [0.4, 0.5) is 10.2 Å². The van der Waals surface area contributed by atoms with Crippen molar-refractivity contribution in [2.24, 2.45) is 7.05 Å². The molecule has 2 aromatic rings. The summed E-state index contributed by atoms with van der Waals surface area (Å²) in [6, 6.07) is 2.10. The summed E-state index contributed by atoms with van der Waals surface area (Å²) in [5, 5.41) is 13.3. The highest BCUT2D eigenvalue weighted by molar-refractivity contribution is 5.48. The van der Waals surface area contributed by atoms with Gasteiger partial charge in [0, 0.05) is 63.9 Å². The number of rotatable bonds is 5. The van der Waals surface area contributed by atoms with Crippen molar-refractivity contribution in [2.45, 2.75) is 25.2 Å². The molecular formula is C16H20FN7. The summed E-state index contributed by atoms with van der Waals surface area (Å²) in [6.45, 7) is 1.67. The number of anilines is 1. The molecule has 3 heterocycles. The largest absolute Gasteiger partial charge is 0.356 e. The van der Waals surface area contributed by atoms with Gasteiger partial charge < -0.3 is 4.90 Å². The lowest BCUT2D eigenvalue weighted by Gasteiger charge is -2.28. The first kappa shape index (κ1) is 16.3. The van der Waals surface area contributed by atoms with Crippen molar-refractivity contribution in [1.29, 1.82) is 5.26 Å². The van der Waals surface area contributed by atoms with E-state index in [1.54, 1.807) is 10.9 Å². The average molecular weight is 329 g/mol. The van der Waals surface area contributed by atoms with E-state index in [1.807, 2.05) is 37.5 Å². The molecule has 1 fully saturated rings. The number of alkyl halides is 1. The lowest BCUT2D eigenvalue weighted by atomic mass is 10.2. The zero-order valence-electron chi connectivity index (χ0n) is 13.8. The van der Waals surface area contributed by atoms with Crippen molar-refractivity contribution in [3.8, 4) is 6.07 Å². The predicted molar refractivity (Wildman–Crippen MR) is 86.9 cm³/mol. The number of hydrogen-bond acceptors (Lipinski definition) is 6. The van der Waals surface area contributed by atoms with Gasteiger partial charge in [-0.3, -0.25) is 9.58 Å². The van der Waals surface area contributed by atoms with Crippen LogP contribution in [-0.2, 0) is 13.6 Å². The monoisotopic (exact) mass is 329 g/mol. The van der Waals surface area contributed by atoms with Crippen molar-refractivity contribution < 1.29 is 4.39 Å². The number of hydrogen-bond donors (Lipinski definition) is 0. The summed E-state index contributed by atoms with van der Waals surface area (Å²) >= 11 is 0. The third-order valence-corrected chi connectivity index (χ3v) is 4.25. The van der Waals surface area contributed by atoms with Crippen LogP contribution in [0.3, 0.4) is 0 Å². The number of halogens is 1. The van der Waals surface area contributed by atoms with Crippen LogP contribution in [0.2, 0.25) is 0 Å². The number of nitriles is 1. The molecule has 0 saturated carbocycles. The molecule has 24 heavy (non-hydrogen) atoms. The number of aryl methyl sites for hydroxylation is 1. The van der Waals surface area contributed by atoms with E-state index in [2.05, 4.69) is 20.0 Å². The standard InChI is InChI=1S/C16H20FN7/c1-22(16-15(6-18)19-3-4-20-16)11-14-5-13(17)10-24(14)9-12-7-21-23(2)8-12/h3-4,7-8,13-14H,5,9-11H2,1-2H3/t13-,14-/m0/s1. The van der Waals surface area contributed by atoms with E-state index >= 15 is 0 Å². The molecular weight excluding hydrogens is 309 g/mol. The summed E-state index contributed by atoms with van der Waals surface area (Å²) in [5.41, 5.74) is 1.35. The van der Waals surface area contributed by atoms with E-state index in [4.69, 9.17) is 5.26 Å². The molecule has 3 rings (SSSR count). The Morgan fingerprint density at radius 2 is 2.21 bits per heavy atom. The Kier molecular flexibility index (Phi) is 4.71. The second-order valence-corrected chi connectivity index (χ2v) is 6.16. The normalized spacial score (nSPS) is 20.9. The number of nitrogens with zero attached hydrogens (tertiary/aromatic N) is 7. The van der Waals surface area contributed by atoms with Gasteiger partial charge in [-0.15, -0.1) is 0 Å². The van der Waals surface area contributed by atoms with Gasteiger partial charge in [0.1, 0.15) is 12.2 Å². The minimum absolute atomic E-state index is 0.0544. The molecule has 1 saturated heterocycles. The molecule has 126 valence electrons. The molecule has 0 N–H and O–H groups in total. The van der Waals surface area contributed by atoms with Crippen LogP contribution in [0, 0.1) is 11.3 Å². The number of likely N-dealkylation sites (N-methyl/N-ethyl adjacent to an activating group) is 1. The van der Waals surface area contributed by atoms with Crippen LogP contribution >= 0.6 is 0 Å². The van der Waals surface area contributed by atoms with E-state index in [9.17, 15) is 4.39 Å². The maximum Gasteiger partial charge on any atom is 0.183 e. The van der Waals surface area contributed by atoms with Crippen molar-refractivity contribution >= 4 is 5.82 Å². The van der Waals surface area contributed by atoms with Gasteiger partial charge in [-0.2, -0.15) is 10.4 Å². The Balaban J connectivity index is 1.71. The highest BCUT2D eigenvalue weighted by Crippen LogP contribution is 2.24. The van der Waals surface area contributed by atoms with Gasteiger partial charge in [0.05, 0.1) is 6.20 Å². The lowest BCUT2D eigenvalue weighted by molar-refractivity contribution is 0.237. The molecule has 8 heteroatoms. The van der Waals surface area contributed by atoms with E-state index in [0.29, 0.717) is 31.9 Å². The molecule has 0 unspecified atom stereocenters. The quantitative estimate of drug-likeness (QED) is 0.819. The van der Waals surface area contributed by atoms with Gasteiger partial charge in [0.25, 0.3) is 0 Å². The Morgan fingerprint density at radius 3 is 2.92 bits per heavy atom. The summed E-state index contributed by atoms with van der Waals surface area (Å²) in [7, 11) is 3.73. The van der Waals surface area contributed by atoms with Gasteiger partial charge in [-0.05, 0) is 6.42 Å². The molecule has 2 aromatic heterocycles. The van der Waals surface area contributed by atoms with Crippen molar-refractivity contribution in [1.82, 2.24) is 24.6 Å². The molecule has 1 aliphatic rings. The van der Waals surface area contributed by atoms with Crippen LogP contribution in [0.15, 0.2) is 24.8 Å². The van der Waals surface area contributed by atoms with E-state index < -0.39 is 6.17 Å². The van der Waals surface area contributed by atoms with Gasteiger partial charge in [0.2, 0.25) is 0 Å². The summed E-state index contributed by atoms with van der Waals surface area (Å²) in [4.78, 5) is 12.3. The number of likely N-dealkylation sites (tertiary alicyclic amines) is 1. The van der Waals surface area contributed by atoms with E-state index in [1.165, 1.54) is 6.20 Å². The average Bonchev–Trinajstić information content (AvgIpc) is 3.13. The maximum atomic E-state index is 14.0. The summed E-state index contributed by atoms with van der Waals surface area (Å²) in [5.74, 6) is 0.531. The van der Waals surface area contributed by atoms with Crippen LogP contribution < -0.4 is 4.90 Å². The smallest absolute Gasteiger partial charge is 0.183 e. The maximum absolute atomic E-state index is 14.0. The van der Waals surface area contributed by atoms with Gasteiger partial charge in [0.15, 0.2) is 11.5 Å². The third kappa shape index (κ3) is 3.51. The van der Waals surface area contributed by atoms with Gasteiger partial charge >= 0.3 is 0 Å². The topological polar surface area (TPSA) is 73.9 Å². The molecule has 0 aliphatic carbocycles. The molecule has 2 atom stereocenters. The SMILES string of the molecule is CN(C[C@@H]1C[C@H](F)CN1Cc1cnn(C)c1)c1nccnc1C#N. The van der Waals surface area contributed by atoms with Crippen LogP contribution in [0.5, 0.6) is 0 Å². The highest BCUT2D eigenvalue weighted by Gasteiger charge is 2.33. The Morgan fingerprint density at radius 1 is 1.42 bits per heavy atom. The van der Waals surface area contributed by atoms with E-state index in [0.717, 1.165) is 5.56 Å². The van der Waals surface area contributed by atoms with Crippen molar-refractivity contribution in [3.05, 3.63) is 36.0 Å². The Labute approximate surface area is 140 Å². The highest BCUT2D eigenvalue weighted by atomic mass is 19.1. The zero-order valence-corrected chi connectivity index (χ0v) is 13.8. The van der Waals surface area contributed by atoms with Crippen LogP contribution in [0.25, 0.3) is 0 Å². The molecule has 0 spiro atoms. The Bertz CT molecular complexity index is 738. The molecule has 0 amide bonds. The minimum atomic E-state index is -0.836. The third-order valence-electron chi connectivity index (χ3n) is 4.25. The van der Waals surface area contributed by atoms with Crippen molar-refractivity contribution in [2.75, 3.05) is 25.0 Å². The second kappa shape index (κ2) is 6.93. The first-order valence-electron chi connectivity index (χ1n) is 7.84. The fraction of sp³-hybridized carbons (Fsp3) is 0.500. The fourth-order valence-electron chi connectivity index (χ4n) is 3.19. The summed E-state index contributed by atoms with van der Waals surface area (Å²) in [6.07, 6.45) is 6.46. The van der Waals surface area contributed by atoms with E-state index in [-0.39, 0.29) is 11.7 Å². The molecule has 1 aliphatic heterocycles. The number of aromatic nitrogens is 4. The summed E-state index contributed by atoms with van der Waals surface area (Å²) < 4.78 is 15.7. The van der Waals surface area contributed by atoms with Crippen LogP contribution in [0.1, 0.15) is 17.7 Å². The van der Waals surface area contributed by atoms with Gasteiger partial charge in [-0.1, -0.05) is 0 Å². The fourth-order valence-corrected chi connectivity index (χ4v) is 3.19. The lowest BCUT2D eigenvalue weighted by Crippen LogP contribution is -2.39. The molecule has 7 nitrogen and oxygen atoms in total. The zero-order chi connectivity index (χ0) is 17.1. The molecule has 0 aromatic carbocycles. The van der Waals surface area contributed by atoms with Crippen molar-refractivity contribution in [3.63, 3.8) is 0 Å². The minimum Gasteiger partial charge on any atom is -0.356 e.